The van der Waals surface area contributed by atoms with Crippen molar-refractivity contribution in [1.29, 1.82) is 0 Å². The third kappa shape index (κ3) is 11.5. The van der Waals surface area contributed by atoms with Crippen LogP contribution in [-0.2, 0) is 14.3 Å². The first-order chi connectivity index (χ1) is 8.74. The van der Waals surface area contributed by atoms with Gasteiger partial charge in [-0.2, -0.15) is 0 Å². The molecule has 0 rings (SSSR count). The van der Waals surface area contributed by atoms with Gasteiger partial charge < -0.3 is 14.8 Å². The molecule has 112 valence electrons. The molecule has 0 aliphatic carbocycles. The monoisotopic (exact) mass is 274 g/mol. The van der Waals surface area contributed by atoms with Crippen molar-refractivity contribution in [2.45, 2.75) is 39.7 Å². The fourth-order valence-corrected chi connectivity index (χ4v) is 1.36. The quantitative estimate of drug-likeness (QED) is 0.561. The molecule has 0 aromatic rings. The summed E-state index contributed by atoms with van der Waals surface area (Å²) in [7, 11) is 1.84. The summed E-state index contributed by atoms with van der Waals surface area (Å²) < 4.78 is 9.95. The molecule has 0 heterocycles. The lowest BCUT2D eigenvalue weighted by Gasteiger charge is -2.20. The van der Waals surface area contributed by atoms with Gasteiger partial charge in [-0.25, -0.2) is 4.79 Å². The van der Waals surface area contributed by atoms with Crippen molar-refractivity contribution in [2.75, 3.05) is 33.3 Å². The Morgan fingerprint density at radius 2 is 1.89 bits per heavy atom. The van der Waals surface area contributed by atoms with Gasteiger partial charge in [-0.1, -0.05) is 0 Å². The summed E-state index contributed by atoms with van der Waals surface area (Å²) in [5.41, 5.74) is -0.481. The lowest BCUT2D eigenvalue weighted by molar-refractivity contribution is -0.144. The van der Waals surface area contributed by atoms with E-state index >= 15 is 0 Å². The number of nitrogens with zero attached hydrogens (tertiary/aromatic N) is 1. The lowest BCUT2D eigenvalue weighted by Crippen LogP contribution is -2.35. The normalized spacial score (nSPS) is 11.3. The first-order valence-electron chi connectivity index (χ1n) is 6.55. The van der Waals surface area contributed by atoms with E-state index in [9.17, 15) is 9.59 Å². The van der Waals surface area contributed by atoms with Crippen LogP contribution in [0.3, 0.4) is 0 Å². The largest absolute Gasteiger partial charge is 0.465 e. The molecule has 0 fully saturated rings. The van der Waals surface area contributed by atoms with Crippen LogP contribution in [0, 0.1) is 0 Å². The molecule has 1 amide bonds. The van der Waals surface area contributed by atoms with E-state index in [1.807, 2.05) is 32.7 Å². The third-order valence-electron chi connectivity index (χ3n) is 2.09. The number of esters is 1. The predicted octanol–water partition coefficient (Wildman–Crippen LogP) is 1.40. The molecule has 19 heavy (non-hydrogen) atoms. The van der Waals surface area contributed by atoms with Crippen LogP contribution in [0.1, 0.15) is 34.1 Å². The van der Waals surface area contributed by atoms with Crippen molar-refractivity contribution >= 4 is 12.1 Å². The molecule has 0 unspecified atom stereocenters. The van der Waals surface area contributed by atoms with Crippen molar-refractivity contribution in [1.82, 2.24) is 10.2 Å². The van der Waals surface area contributed by atoms with Gasteiger partial charge in [-0.05, 0) is 41.2 Å². The Labute approximate surface area is 115 Å². The minimum atomic E-state index is -0.481. The first kappa shape index (κ1) is 17.7. The van der Waals surface area contributed by atoms with Gasteiger partial charge in [-0.15, -0.1) is 0 Å². The highest BCUT2D eigenvalue weighted by atomic mass is 16.6. The molecule has 0 bridgehead atoms. The standard InChI is InChI=1S/C13H26N2O4/c1-6-18-11(16)10-15(5)9-7-8-14-12(17)19-13(2,3)4/h6-10H2,1-5H3,(H,14,17). The van der Waals surface area contributed by atoms with Crippen LogP contribution < -0.4 is 5.32 Å². The number of nitrogens with one attached hydrogen (secondary N) is 1. The fourth-order valence-electron chi connectivity index (χ4n) is 1.36. The van der Waals surface area contributed by atoms with E-state index in [-0.39, 0.29) is 12.5 Å². The maximum absolute atomic E-state index is 11.3. The predicted molar refractivity (Wildman–Crippen MR) is 73.0 cm³/mol. The molecule has 0 aromatic carbocycles. The van der Waals surface area contributed by atoms with Gasteiger partial charge in [0.15, 0.2) is 0 Å². The van der Waals surface area contributed by atoms with E-state index in [1.165, 1.54) is 0 Å². The second-order valence-corrected chi connectivity index (χ2v) is 5.33. The molecule has 0 saturated carbocycles. The maximum atomic E-state index is 11.3. The van der Waals surface area contributed by atoms with Crippen LogP contribution in [0.25, 0.3) is 0 Å². The Bertz CT molecular complexity index is 287. The number of likely N-dealkylation sites (N-methyl/N-ethyl adjacent to an activating group) is 1. The van der Waals surface area contributed by atoms with E-state index in [0.29, 0.717) is 19.7 Å². The summed E-state index contributed by atoms with van der Waals surface area (Å²) in [5.74, 6) is -0.231. The summed E-state index contributed by atoms with van der Waals surface area (Å²) in [6.45, 7) is 9.12. The smallest absolute Gasteiger partial charge is 0.407 e. The summed E-state index contributed by atoms with van der Waals surface area (Å²) in [5, 5.41) is 2.67. The molecule has 0 aliphatic heterocycles. The second-order valence-electron chi connectivity index (χ2n) is 5.33. The van der Waals surface area contributed by atoms with Gasteiger partial charge >= 0.3 is 12.1 Å². The minimum absolute atomic E-state index is 0.231. The Morgan fingerprint density at radius 1 is 1.26 bits per heavy atom. The highest BCUT2D eigenvalue weighted by molar-refractivity contribution is 5.71. The Morgan fingerprint density at radius 3 is 2.42 bits per heavy atom. The van der Waals surface area contributed by atoms with Crippen molar-refractivity contribution in [3.8, 4) is 0 Å². The molecular weight excluding hydrogens is 248 g/mol. The highest BCUT2D eigenvalue weighted by Crippen LogP contribution is 2.06. The second kappa shape index (κ2) is 8.74. The summed E-state index contributed by atoms with van der Waals surface area (Å²) in [6.07, 6.45) is 0.329. The number of amides is 1. The third-order valence-corrected chi connectivity index (χ3v) is 2.09. The maximum Gasteiger partial charge on any atom is 0.407 e. The molecule has 0 radical (unpaired) electrons. The van der Waals surface area contributed by atoms with Crippen LogP contribution in [0.15, 0.2) is 0 Å². The number of ether oxygens (including phenoxy) is 2. The van der Waals surface area contributed by atoms with Gasteiger partial charge in [0, 0.05) is 13.1 Å². The van der Waals surface area contributed by atoms with Crippen LogP contribution in [0.5, 0.6) is 0 Å². The number of alkyl carbamates (subject to hydrolysis) is 1. The topological polar surface area (TPSA) is 67.9 Å². The first-order valence-corrected chi connectivity index (χ1v) is 6.55. The highest BCUT2D eigenvalue weighted by Gasteiger charge is 2.15. The van der Waals surface area contributed by atoms with Gasteiger partial charge in [0.1, 0.15) is 5.60 Å². The van der Waals surface area contributed by atoms with E-state index in [2.05, 4.69) is 5.32 Å². The van der Waals surface area contributed by atoms with Gasteiger partial charge in [0.25, 0.3) is 0 Å². The van der Waals surface area contributed by atoms with Crippen LogP contribution >= 0.6 is 0 Å². The molecule has 0 aliphatic rings. The van der Waals surface area contributed by atoms with Crippen molar-refractivity contribution in [3.63, 3.8) is 0 Å². The summed E-state index contributed by atoms with van der Waals surface area (Å²) in [4.78, 5) is 24.4. The van der Waals surface area contributed by atoms with Gasteiger partial charge in [0.05, 0.1) is 13.2 Å². The zero-order valence-electron chi connectivity index (χ0n) is 12.6. The molecule has 6 heteroatoms. The number of hydrogen-bond acceptors (Lipinski definition) is 5. The average Bonchev–Trinajstić information content (AvgIpc) is 2.22. The van der Waals surface area contributed by atoms with Crippen LogP contribution in [0.2, 0.25) is 0 Å². The SMILES string of the molecule is CCOC(=O)CN(C)CCCNC(=O)OC(C)(C)C. The molecule has 1 N–H and O–H groups in total. The minimum Gasteiger partial charge on any atom is -0.465 e. The van der Waals surface area contributed by atoms with E-state index in [4.69, 9.17) is 9.47 Å². The molecule has 0 atom stereocenters. The Hall–Kier alpha value is -1.30. The zero-order valence-corrected chi connectivity index (χ0v) is 12.6. The van der Waals surface area contributed by atoms with Crippen LogP contribution in [0.4, 0.5) is 4.79 Å². The van der Waals surface area contributed by atoms with Crippen molar-refractivity contribution < 1.29 is 19.1 Å². The summed E-state index contributed by atoms with van der Waals surface area (Å²) >= 11 is 0. The van der Waals surface area contributed by atoms with Gasteiger partial charge in [-0.3, -0.25) is 9.69 Å². The Balaban J connectivity index is 3.63. The molecule has 6 nitrogen and oxygen atoms in total. The number of rotatable bonds is 7. The average molecular weight is 274 g/mol. The van der Waals surface area contributed by atoms with Crippen LogP contribution in [-0.4, -0.2) is 55.9 Å². The number of hydrogen-bond donors (Lipinski definition) is 1. The van der Waals surface area contributed by atoms with Crippen molar-refractivity contribution in [2.24, 2.45) is 0 Å². The number of carbonyl (C=O) groups is 2. The molecule has 0 saturated heterocycles. The zero-order chi connectivity index (χ0) is 14.9. The summed E-state index contributed by atoms with van der Waals surface area (Å²) in [6, 6.07) is 0. The lowest BCUT2D eigenvalue weighted by atomic mass is 10.2. The number of carbonyl (C=O) groups excluding carboxylic acids is 2. The molecule has 0 spiro atoms. The molecule has 0 aromatic heterocycles. The van der Waals surface area contributed by atoms with Gasteiger partial charge in [0.2, 0.25) is 0 Å². The van der Waals surface area contributed by atoms with E-state index in [1.54, 1.807) is 6.92 Å². The molecular formula is C13H26N2O4. The van der Waals surface area contributed by atoms with E-state index in [0.717, 1.165) is 6.42 Å². The fraction of sp³-hybridized carbons (Fsp3) is 0.846. The van der Waals surface area contributed by atoms with E-state index < -0.39 is 11.7 Å². The van der Waals surface area contributed by atoms with Crippen molar-refractivity contribution in [3.05, 3.63) is 0 Å². The Kier molecular flexibility index (Phi) is 8.14.